The number of hydrogen-bond donors (Lipinski definition) is 2. The number of nitrogens with one attached hydrogen (secondary N) is 2. The Morgan fingerprint density at radius 2 is 2.08 bits per heavy atom. The predicted octanol–water partition coefficient (Wildman–Crippen LogP) is 2.99. The first kappa shape index (κ1) is 18.7. The van der Waals surface area contributed by atoms with Crippen molar-refractivity contribution in [1.82, 2.24) is 10.2 Å². The zero-order valence-corrected chi connectivity index (χ0v) is 15.5. The Labute approximate surface area is 151 Å². The van der Waals surface area contributed by atoms with Gasteiger partial charge < -0.3 is 20.3 Å². The summed E-state index contributed by atoms with van der Waals surface area (Å²) in [6, 6.07) is 6.74. The second kappa shape index (κ2) is 9.64. The minimum absolute atomic E-state index is 0.0880. The molecule has 3 amide bonds. The maximum Gasteiger partial charge on any atom is 0.322 e. The maximum atomic E-state index is 12.4. The highest BCUT2D eigenvalue weighted by molar-refractivity contribution is 9.10. The normalized spacial score (nSPS) is 16.9. The predicted molar refractivity (Wildman–Crippen MR) is 97.0 cm³/mol. The minimum Gasteiger partial charge on any atom is -0.382 e. The Morgan fingerprint density at radius 3 is 2.79 bits per heavy atom. The van der Waals surface area contributed by atoms with E-state index in [1.165, 1.54) is 0 Å². The van der Waals surface area contributed by atoms with Crippen LogP contribution in [0.3, 0.4) is 0 Å². The fraction of sp³-hybridized carbons (Fsp3) is 0.529. The van der Waals surface area contributed by atoms with Crippen molar-refractivity contribution in [3.8, 4) is 0 Å². The van der Waals surface area contributed by atoms with Crippen LogP contribution < -0.4 is 10.6 Å². The molecule has 0 unspecified atom stereocenters. The van der Waals surface area contributed by atoms with Crippen LogP contribution in [0, 0.1) is 0 Å². The molecule has 1 aromatic rings. The monoisotopic (exact) mass is 397 g/mol. The average Bonchev–Trinajstić information content (AvgIpc) is 3.06. The van der Waals surface area contributed by atoms with Crippen LogP contribution in [0.15, 0.2) is 28.7 Å². The van der Waals surface area contributed by atoms with E-state index in [2.05, 4.69) is 26.6 Å². The highest BCUT2D eigenvalue weighted by Gasteiger charge is 2.33. The van der Waals surface area contributed by atoms with E-state index in [-0.39, 0.29) is 11.9 Å². The molecule has 1 aromatic carbocycles. The molecule has 132 valence electrons. The molecule has 1 heterocycles. The van der Waals surface area contributed by atoms with Gasteiger partial charge in [-0.15, -0.1) is 0 Å². The van der Waals surface area contributed by atoms with Crippen LogP contribution in [0.2, 0.25) is 0 Å². The number of hydrogen-bond acceptors (Lipinski definition) is 3. The van der Waals surface area contributed by atoms with Gasteiger partial charge in [-0.2, -0.15) is 0 Å². The molecular formula is C17H24BrN3O3. The van der Waals surface area contributed by atoms with E-state index in [0.29, 0.717) is 38.4 Å². The molecule has 0 aliphatic carbocycles. The molecule has 24 heavy (non-hydrogen) atoms. The van der Waals surface area contributed by atoms with Crippen molar-refractivity contribution in [2.24, 2.45) is 0 Å². The Balaban J connectivity index is 1.83. The number of nitrogens with zero attached hydrogens (tertiary/aromatic N) is 1. The van der Waals surface area contributed by atoms with Gasteiger partial charge >= 0.3 is 6.03 Å². The molecule has 0 bridgehead atoms. The smallest absolute Gasteiger partial charge is 0.322 e. The zero-order chi connectivity index (χ0) is 17.4. The average molecular weight is 398 g/mol. The Kier molecular flexibility index (Phi) is 7.52. The van der Waals surface area contributed by atoms with Gasteiger partial charge in [0, 0.05) is 36.5 Å². The molecule has 1 aliphatic heterocycles. The number of amides is 3. The zero-order valence-electron chi connectivity index (χ0n) is 13.9. The quantitative estimate of drug-likeness (QED) is 0.694. The molecule has 1 saturated heterocycles. The van der Waals surface area contributed by atoms with Crippen LogP contribution in [0.4, 0.5) is 10.5 Å². The van der Waals surface area contributed by atoms with Crippen molar-refractivity contribution in [1.29, 1.82) is 0 Å². The van der Waals surface area contributed by atoms with Crippen LogP contribution in [0.1, 0.15) is 26.2 Å². The number of halogens is 1. The van der Waals surface area contributed by atoms with Crippen LogP contribution in [0.5, 0.6) is 0 Å². The van der Waals surface area contributed by atoms with E-state index in [4.69, 9.17) is 4.74 Å². The molecule has 0 spiro atoms. The first-order valence-corrected chi connectivity index (χ1v) is 9.09. The Bertz CT molecular complexity index is 551. The lowest BCUT2D eigenvalue weighted by molar-refractivity contribution is -0.124. The van der Waals surface area contributed by atoms with Crippen LogP contribution >= 0.6 is 15.9 Å². The molecular weight excluding hydrogens is 374 g/mol. The third-order valence-electron chi connectivity index (χ3n) is 3.88. The van der Waals surface area contributed by atoms with Gasteiger partial charge in [-0.3, -0.25) is 4.79 Å². The minimum atomic E-state index is -0.396. The molecule has 1 fully saturated rings. The summed E-state index contributed by atoms with van der Waals surface area (Å²) in [5.74, 6) is -0.0880. The number of anilines is 1. The fourth-order valence-electron chi connectivity index (χ4n) is 2.66. The second-order valence-electron chi connectivity index (χ2n) is 5.63. The van der Waals surface area contributed by atoms with Crippen molar-refractivity contribution in [3.63, 3.8) is 0 Å². The van der Waals surface area contributed by atoms with Crippen molar-refractivity contribution in [3.05, 3.63) is 28.7 Å². The number of urea groups is 1. The number of ether oxygens (including phenoxy) is 1. The molecule has 1 atom stereocenters. The van der Waals surface area contributed by atoms with Crippen LogP contribution in [0.25, 0.3) is 0 Å². The first-order chi connectivity index (χ1) is 11.6. The number of likely N-dealkylation sites (tertiary alicyclic amines) is 1. The standard InChI is InChI=1S/C17H24BrN3O3/c1-2-24-12-4-10-19-16(22)15-5-3-11-21(15)17(23)20-14-8-6-13(18)7-9-14/h6-9,15H,2-5,10-12H2,1H3,(H,19,22)(H,20,23)/t15-/m1/s1. The summed E-state index contributed by atoms with van der Waals surface area (Å²) in [4.78, 5) is 26.4. The fourth-order valence-corrected chi connectivity index (χ4v) is 2.92. The SMILES string of the molecule is CCOCCCNC(=O)[C@H]1CCCN1C(=O)Nc1ccc(Br)cc1. The second-order valence-corrected chi connectivity index (χ2v) is 6.55. The summed E-state index contributed by atoms with van der Waals surface area (Å²) in [5, 5.41) is 5.74. The third kappa shape index (κ3) is 5.49. The molecule has 2 N–H and O–H groups in total. The largest absolute Gasteiger partial charge is 0.382 e. The molecule has 0 radical (unpaired) electrons. The lowest BCUT2D eigenvalue weighted by Crippen LogP contribution is -2.47. The summed E-state index contributed by atoms with van der Waals surface area (Å²) < 4.78 is 6.20. The number of carbonyl (C=O) groups excluding carboxylic acids is 2. The summed E-state index contributed by atoms with van der Waals surface area (Å²) >= 11 is 3.36. The molecule has 7 heteroatoms. The van der Waals surface area contributed by atoms with Gasteiger partial charge in [-0.25, -0.2) is 4.79 Å². The summed E-state index contributed by atoms with van der Waals surface area (Å²) in [7, 11) is 0. The van der Waals surface area contributed by atoms with E-state index >= 15 is 0 Å². The highest BCUT2D eigenvalue weighted by atomic mass is 79.9. The van der Waals surface area contributed by atoms with Crippen molar-refractivity contribution >= 4 is 33.6 Å². The van der Waals surface area contributed by atoms with Gasteiger partial charge in [-0.1, -0.05) is 15.9 Å². The van der Waals surface area contributed by atoms with Crippen molar-refractivity contribution in [2.45, 2.75) is 32.2 Å². The maximum absolute atomic E-state index is 12.4. The lowest BCUT2D eigenvalue weighted by Gasteiger charge is -2.24. The molecule has 0 saturated carbocycles. The molecule has 6 nitrogen and oxygen atoms in total. The van der Waals surface area contributed by atoms with Crippen LogP contribution in [-0.4, -0.2) is 49.2 Å². The topological polar surface area (TPSA) is 70.7 Å². The van der Waals surface area contributed by atoms with Gasteiger partial charge in [0.15, 0.2) is 0 Å². The van der Waals surface area contributed by atoms with E-state index in [9.17, 15) is 9.59 Å². The van der Waals surface area contributed by atoms with E-state index in [1.807, 2.05) is 31.2 Å². The van der Waals surface area contributed by atoms with Gasteiger partial charge in [0.25, 0.3) is 0 Å². The molecule has 1 aliphatic rings. The summed E-state index contributed by atoms with van der Waals surface area (Å²) in [6.07, 6.45) is 2.31. The Morgan fingerprint density at radius 1 is 1.33 bits per heavy atom. The molecule has 0 aromatic heterocycles. The van der Waals surface area contributed by atoms with E-state index in [1.54, 1.807) is 4.90 Å². The van der Waals surface area contributed by atoms with Gasteiger partial charge in [0.2, 0.25) is 5.91 Å². The Hall–Kier alpha value is -1.60. The van der Waals surface area contributed by atoms with E-state index in [0.717, 1.165) is 17.3 Å². The van der Waals surface area contributed by atoms with Gasteiger partial charge in [-0.05, 0) is 50.5 Å². The summed E-state index contributed by atoms with van der Waals surface area (Å²) in [6.45, 7) is 4.42. The van der Waals surface area contributed by atoms with Crippen LogP contribution in [-0.2, 0) is 9.53 Å². The van der Waals surface area contributed by atoms with E-state index < -0.39 is 6.04 Å². The number of rotatable bonds is 7. The summed E-state index contributed by atoms with van der Waals surface area (Å²) in [5.41, 5.74) is 0.714. The van der Waals surface area contributed by atoms with Gasteiger partial charge in [0.05, 0.1) is 0 Å². The van der Waals surface area contributed by atoms with Gasteiger partial charge in [0.1, 0.15) is 6.04 Å². The number of carbonyl (C=O) groups is 2. The first-order valence-electron chi connectivity index (χ1n) is 8.30. The highest BCUT2D eigenvalue weighted by Crippen LogP contribution is 2.20. The number of benzene rings is 1. The van der Waals surface area contributed by atoms with Crippen molar-refractivity contribution in [2.75, 3.05) is 31.6 Å². The third-order valence-corrected chi connectivity index (χ3v) is 4.41. The van der Waals surface area contributed by atoms with Crippen molar-refractivity contribution < 1.29 is 14.3 Å². The lowest BCUT2D eigenvalue weighted by atomic mass is 10.2. The molecule has 2 rings (SSSR count).